The monoisotopic (exact) mass is 512 g/mol. The summed E-state index contributed by atoms with van der Waals surface area (Å²) in [6.45, 7) is 10.2. The number of carbonyl (C=O) groups is 2. The number of fused-ring (bicyclic) bond motifs is 1. The van der Waals surface area contributed by atoms with Crippen LogP contribution in [0.4, 0.5) is 0 Å². The lowest BCUT2D eigenvalue weighted by Crippen LogP contribution is -2.33. The summed E-state index contributed by atoms with van der Waals surface area (Å²) in [4.78, 5) is 26.8. The number of piperidine rings is 1. The molecule has 36 heavy (non-hydrogen) atoms. The molecule has 1 atom stereocenters. The van der Waals surface area contributed by atoms with Crippen LogP contribution in [0.1, 0.15) is 57.9 Å². The molecule has 1 aliphatic rings. The highest BCUT2D eigenvalue weighted by molar-refractivity contribution is 7.99. The van der Waals surface area contributed by atoms with Crippen LogP contribution in [0.25, 0.3) is 10.9 Å². The highest BCUT2D eigenvalue weighted by Crippen LogP contribution is 2.39. The molecule has 1 saturated heterocycles. The molecule has 0 spiro atoms. The fraction of sp³-hybridized carbons (Fsp3) is 0.429. The van der Waals surface area contributed by atoms with Crippen molar-refractivity contribution in [3.05, 3.63) is 54.2 Å². The maximum absolute atomic E-state index is 9.10. The Morgan fingerprint density at radius 1 is 1.11 bits per heavy atom. The maximum atomic E-state index is 9.10. The molecule has 1 aromatic heterocycles. The number of benzene rings is 2. The van der Waals surface area contributed by atoms with Crippen LogP contribution in [0.15, 0.2) is 58.5 Å². The molecule has 4 rings (SSSR count). The molecular weight excluding hydrogens is 476 g/mol. The van der Waals surface area contributed by atoms with E-state index in [0.29, 0.717) is 5.92 Å². The molecule has 1 fully saturated rings. The van der Waals surface area contributed by atoms with Crippen molar-refractivity contribution >= 4 is 34.6 Å². The number of para-hydroxylation sites is 1. The van der Waals surface area contributed by atoms with Crippen molar-refractivity contribution in [2.24, 2.45) is 0 Å². The summed E-state index contributed by atoms with van der Waals surface area (Å²) in [7, 11) is 0. The van der Waals surface area contributed by atoms with Crippen LogP contribution in [-0.4, -0.2) is 57.8 Å². The SMILES string of the molecule is CCCN1CCC(c2c[nH]c3ccc(Sc4ccccc4OC(C)CC)cc23)CC1.O=C(O)C(=O)O. The van der Waals surface area contributed by atoms with Gasteiger partial charge in [0.05, 0.1) is 11.0 Å². The number of likely N-dealkylation sites (tertiary alicyclic amines) is 1. The van der Waals surface area contributed by atoms with Crippen molar-refractivity contribution < 1.29 is 24.5 Å². The molecule has 3 N–H and O–H groups in total. The smallest absolute Gasteiger partial charge is 0.414 e. The predicted molar refractivity (Wildman–Crippen MR) is 143 cm³/mol. The van der Waals surface area contributed by atoms with Gasteiger partial charge >= 0.3 is 11.9 Å². The molecule has 0 amide bonds. The van der Waals surface area contributed by atoms with Gasteiger partial charge in [-0.1, -0.05) is 37.7 Å². The van der Waals surface area contributed by atoms with E-state index in [9.17, 15) is 0 Å². The van der Waals surface area contributed by atoms with E-state index < -0.39 is 11.9 Å². The third-order valence-electron chi connectivity index (χ3n) is 6.42. The molecule has 1 unspecified atom stereocenters. The number of ether oxygens (including phenoxy) is 1. The predicted octanol–water partition coefficient (Wildman–Crippen LogP) is 6.24. The Morgan fingerprint density at radius 3 is 2.44 bits per heavy atom. The third-order valence-corrected chi connectivity index (χ3v) is 7.46. The Balaban J connectivity index is 0.000000538. The van der Waals surface area contributed by atoms with E-state index in [2.05, 4.69) is 79.3 Å². The summed E-state index contributed by atoms with van der Waals surface area (Å²) in [6.07, 6.45) is 7.25. The Morgan fingerprint density at radius 2 is 1.81 bits per heavy atom. The van der Waals surface area contributed by atoms with Crippen LogP contribution in [0.2, 0.25) is 0 Å². The molecule has 2 heterocycles. The zero-order valence-corrected chi connectivity index (χ0v) is 22.0. The van der Waals surface area contributed by atoms with Gasteiger partial charge in [-0.15, -0.1) is 0 Å². The van der Waals surface area contributed by atoms with Crippen molar-refractivity contribution in [2.75, 3.05) is 19.6 Å². The van der Waals surface area contributed by atoms with Gasteiger partial charge in [-0.2, -0.15) is 0 Å². The van der Waals surface area contributed by atoms with Crippen LogP contribution in [0, 0.1) is 0 Å². The standard InChI is InChI=1S/C26H34N2OS.C2H2O4/c1-4-14-28-15-12-20(13-16-28)23-18-27-24-11-10-21(17-22(23)24)30-26-9-7-6-8-25(26)29-19(3)5-2;3-1(4)2(5)6/h6-11,17-20,27H,4-5,12-16H2,1-3H3;(H,3,4)(H,5,6). The van der Waals surface area contributed by atoms with Crippen molar-refractivity contribution in [1.82, 2.24) is 9.88 Å². The quantitative estimate of drug-likeness (QED) is 0.307. The average molecular weight is 513 g/mol. The molecule has 7 nitrogen and oxygen atoms in total. The Kier molecular flexibility index (Phi) is 10.3. The van der Waals surface area contributed by atoms with Gasteiger partial charge in [0.25, 0.3) is 0 Å². The normalized spacial score (nSPS) is 15.2. The number of carboxylic acid groups (broad SMARTS) is 2. The highest BCUT2D eigenvalue weighted by Gasteiger charge is 2.22. The van der Waals surface area contributed by atoms with E-state index in [1.807, 2.05) is 0 Å². The number of H-pyrrole nitrogens is 1. The maximum Gasteiger partial charge on any atom is 0.414 e. The molecule has 0 bridgehead atoms. The summed E-state index contributed by atoms with van der Waals surface area (Å²) in [5.41, 5.74) is 2.74. The molecule has 0 saturated carbocycles. The molecular formula is C28H36N2O5S. The lowest BCUT2D eigenvalue weighted by molar-refractivity contribution is -0.159. The summed E-state index contributed by atoms with van der Waals surface area (Å²) >= 11 is 1.80. The molecule has 0 aliphatic carbocycles. The van der Waals surface area contributed by atoms with Crippen molar-refractivity contribution in [3.8, 4) is 5.75 Å². The van der Waals surface area contributed by atoms with Gasteiger partial charge < -0.3 is 24.8 Å². The van der Waals surface area contributed by atoms with Gasteiger partial charge in [-0.25, -0.2) is 9.59 Å². The summed E-state index contributed by atoms with van der Waals surface area (Å²) < 4.78 is 6.16. The van der Waals surface area contributed by atoms with Gasteiger partial charge in [0, 0.05) is 22.0 Å². The second-order valence-corrected chi connectivity index (χ2v) is 10.2. The zero-order chi connectivity index (χ0) is 26.1. The van der Waals surface area contributed by atoms with Crippen LogP contribution < -0.4 is 4.74 Å². The number of nitrogens with zero attached hydrogens (tertiary/aromatic N) is 1. The number of carboxylic acids is 2. The number of aliphatic carboxylic acids is 2. The largest absolute Gasteiger partial charge is 0.490 e. The summed E-state index contributed by atoms with van der Waals surface area (Å²) in [5, 5.41) is 16.2. The number of aromatic nitrogens is 1. The van der Waals surface area contributed by atoms with E-state index >= 15 is 0 Å². The Hall–Kier alpha value is -2.97. The van der Waals surface area contributed by atoms with Gasteiger partial charge in [0.15, 0.2) is 0 Å². The second kappa shape index (κ2) is 13.4. The minimum atomic E-state index is -1.82. The summed E-state index contributed by atoms with van der Waals surface area (Å²) in [6, 6.07) is 15.2. The van der Waals surface area contributed by atoms with Crippen molar-refractivity contribution in [3.63, 3.8) is 0 Å². The van der Waals surface area contributed by atoms with Crippen LogP contribution in [-0.2, 0) is 9.59 Å². The van der Waals surface area contributed by atoms with E-state index in [1.54, 1.807) is 11.8 Å². The lowest BCUT2D eigenvalue weighted by atomic mass is 9.89. The first-order chi connectivity index (χ1) is 17.3. The Labute approximate surface area is 216 Å². The third kappa shape index (κ3) is 7.51. The van der Waals surface area contributed by atoms with Crippen molar-refractivity contribution in [1.29, 1.82) is 0 Å². The number of aromatic amines is 1. The highest BCUT2D eigenvalue weighted by atomic mass is 32.2. The molecule has 194 valence electrons. The second-order valence-electron chi connectivity index (χ2n) is 9.06. The number of hydrogen-bond acceptors (Lipinski definition) is 5. The van der Waals surface area contributed by atoms with E-state index in [1.165, 1.54) is 65.2 Å². The van der Waals surface area contributed by atoms with Gasteiger partial charge in [-0.3, -0.25) is 0 Å². The molecule has 3 aromatic rings. The molecule has 0 radical (unpaired) electrons. The first-order valence-corrected chi connectivity index (χ1v) is 13.4. The van der Waals surface area contributed by atoms with E-state index in [0.717, 1.165) is 12.2 Å². The zero-order valence-electron chi connectivity index (χ0n) is 21.2. The van der Waals surface area contributed by atoms with Crippen LogP contribution in [0.5, 0.6) is 5.75 Å². The van der Waals surface area contributed by atoms with E-state index in [-0.39, 0.29) is 6.10 Å². The van der Waals surface area contributed by atoms with Crippen LogP contribution >= 0.6 is 11.8 Å². The van der Waals surface area contributed by atoms with Gasteiger partial charge in [0.1, 0.15) is 5.75 Å². The number of rotatable bonds is 8. The number of hydrogen-bond donors (Lipinski definition) is 3. The van der Waals surface area contributed by atoms with E-state index in [4.69, 9.17) is 24.5 Å². The fourth-order valence-electron chi connectivity index (χ4n) is 4.37. The first-order valence-electron chi connectivity index (χ1n) is 12.5. The van der Waals surface area contributed by atoms with Gasteiger partial charge in [0.2, 0.25) is 0 Å². The number of nitrogens with one attached hydrogen (secondary N) is 1. The summed E-state index contributed by atoms with van der Waals surface area (Å²) in [5.74, 6) is -2.01. The molecule has 1 aliphatic heterocycles. The van der Waals surface area contributed by atoms with Gasteiger partial charge in [-0.05, 0) is 94.1 Å². The Bertz CT molecular complexity index is 1140. The van der Waals surface area contributed by atoms with Crippen LogP contribution in [0.3, 0.4) is 0 Å². The lowest BCUT2D eigenvalue weighted by Gasteiger charge is -2.31. The average Bonchev–Trinajstić information content (AvgIpc) is 3.29. The first kappa shape index (κ1) is 27.6. The fourth-order valence-corrected chi connectivity index (χ4v) is 5.30. The topological polar surface area (TPSA) is 103 Å². The minimum absolute atomic E-state index is 0.226. The van der Waals surface area contributed by atoms with Crippen molar-refractivity contribution in [2.45, 2.75) is 68.3 Å². The molecule has 2 aromatic carbocycles. The minimum Gasteiger partial charge on any atom is -0.490 e. The molecule has 8 heteroatoms.